The highest BCUT2D eigenvalue weighted by atomic mass is 35.5. The van der Waals surface area contributed by atoms with Gasteiger partial charge in [0.05, 0.1) is 13.3 Å². The summed E-state index contributed by atoms with van der Waals surface area (Å²) >= 11 is 5.82. The van der Waals surface area contributed by atoms with Crippen molar-refractivity contribution in [2.45, 2.75) is 0 Å². The van der Waals surface area contributed by atoms with E-state index in [-0.39, 0.29) is 5.91 Å². The third kappa shape index (κ3) is 3.83. The van der Waals surface area contributed by atoms with Gasteiger partial charge in [-0.3, -0.25) is 4.79 Å². The highest BCUT2D eigenvalue weighted by molar-refractivity contribution is 6.30. The van der Waals surface area contributed by atoms with Gasteiger partial charge in [-0.1, -0.05) is 29.8 Å². The van der Waals surface area contributed by atoms with Crippen LogP contribution < -0.4 is 10.2 Å². The molecule has 2 rings (SSSR count). The van der Waals surface area contributed by atoms with Crippen molar-refractivity contribution in [3.63, 3.8) is 0 Å². The van der Waals surface area contributed by atoms with Crippen molar-refractivity contribution in [3.05, 3.63) is 64.7 Å². The summed E-state index contributed by atoms with van der Waals surface area (Å²) in [6.45, 7) is 0. The summed E-state index contributed by atoms with van der Waals surface area (Å²) in [4.78, 5) is 11.8. The quantitative estimate of drug-likeness (QED) is 0.694. The normalized spacial score (nSPS) is 10.5. The zero-order valence-electron chi connectivity index (χ0n) is 10.8. The summed E-state index contributed by atoms with van der Waals surface area (Å²) in [5.41, 5.74) is 3.73. The molecular formula is C15H13ClN2O2. The molecule has 2 aromatic rings. The molecular weight excluding hydrogens is 276 g/mol. The first-order chi connectivity index (χ1) is 9.69. The van der Waals surface area contributed by atoms with Gasteiger partial charge in [-0.05, 0) is 35.9 Å². The van der Waals surface area contributed by atoms with E-state index in [9.17, 15) is 4.79 Å². The van der Waals surface area contributed by atoms with E-state index in [0.29, 0.717) is 10.6 Å². The zero-order valence-corrected chi connectivity index (χ0v) is 11.6. The summed E-state index contributed by atoms with van der Waals surface area (Å²) in [5.74, 6) is 0.418. The monoisotopic (exact) mass is 288 g/mol. The van der Waals surface area contributed by atoms with Crippen molar-refractivity contribution in [1.82, 2.24) is 5.43 Å². The van der Waals surface area contributed by atoms with E-state index in [2.05, 4.69) is 10.5 Å². The Kier molecular flexibility index (Phi) is 4.74. The maximum Gasteiger partial charge on any atom is 0.271 e. The molecule has 1 N–H and O–H groups in total. The van der Waals surface area contributed by atoms with Crippen LogP contribution in [0.25, 0.3) is 0 Å². The largest absolute Gasteiger partial charge is 0.497 e. The summed E-state index contributed by atoms with van der Waals surface area (Å²) in [6.07, 6.45) is 1.55. The van der Waals surface area contributed by atoms with Crippen LogP contribution in [0.1, 0.15) is 15.9 Å². The third-order valence-electron chi connectivity index (χ3n) is 2.56. The van der Waals surface area contributed by atoms with E-state index in [1.54, 1.807) is 37.6 Å². The van der Waals surface area contributed by atoms with Gasteiger partial charge in [0.25, 0.3) is 5.91 Å². The van der Waals surface area contributed by atoms with E-state index >= 15 is 0 Å². The molecule has 1 amide bonds. The Balaban J connectivity index is 2.00. The first kappa shape index (κ1) is 14.1. The van der Waals surface area contributed by atoms with Crippen LogP contribution in [0.5, 0.6) is 5.75 Å². The second-order valence-electron chi connectivity index (χ2n) is 3.99. The van der Waals surface area contributed by atoms with E-state index in [4.69, 9.17) is 16.3 Å². The van der Waals surface area contributed by atoms with E-state index in [1.165, 1.54) is 0 Å². The molecule has 0 aliphatic rings. The van der Waals surface area contributed by atoms with Crippen LogP contribution in [0, 0.1) is 0 Å². The SMILES string of the molecule is COc1cccc(C=NNC(=O)c2cccc(Cl)c2)c1. The Hall–Kier alpha value is -2.33. The Morgan fingerprint density at radius 2 is 2.05 bits per heavy atom. The fraction of sp³-hybridized carbons (Fsp3) is 0.0667. The maximum absolute atomic E-state index is 11.8. The van der Waals surface area contributed by atoms with Gasteiger partial charge in [0.15, 0.2) is 0 Å². The second-order valence-corrected chi connectivity index (χ2v) is 4.42. The molecule has 5 heteroatoms. The van der Waals surface area contributed by atoms with Crippen molar-refractivity contribution in [1.29, 1.82) is 0 Å². The number of halogens is 1. The minimum absolute atomic E-state index is 0.313. The lowest BCUT2D eigenvalue weighted by Gasteiger charge is -2.01. The lowest BCUT2D eigenvalue weighted by atomic mass is 10.2. The molecule has 102 valence electrons. The fourth-order valence-corrected chi connectivity index (χ4v) is 1.77. The standard InChI is InChI=1S/C15H13ClN2O2/c1-20-14-7-2-4-11(8-14)10-17-18-15(19)12-5-3-6-13(16)9-12/h2-10H,1H3,(H,18,19). The summed E-state index contributed by atoms with van der Waals surface area (Å²) < 4.78 is 5.10. The van der Waals surface area contributed by atoms with Gasteiger partial charge < -0.3 is 4.74 Å². The van der Waals surface area contributed by atoms with Crippen LogP contribution in [0.15, 0.2) is 53.6 Å². The Morgan fingerprint density at radius 1 is 1.25 bits per heavy atom. The number of carbonyl (C=O) groups is 1. The fourth-order valence-electron chi connectivity index (χ4n) is 1.58. The number of hydrogen-bond acceptors (Lipinski definition) is 3. The molecule has 0 aliphatic carbocycles. The minimum Gasteiger partial charge on any atom is -0.497 e. The van der Waals surface area contributed by atoms with Crippen LogP contribution >= 0.6 is 11.6 Å². The average molecular weight is 289 g/mol. The number of benzene rings is 2. The van der Waals surface area contributed by atoms with E-state index in [0.717, 1.165) is 11.3 Å². The predicted molar refractivity (Wildman–Crippen MR) is 79.5 cm³/mol. The van der Waals surface area contributed by atoms with Gasteiger partial charge in [-0.15, -0.1) is 0 Å². The van der Waals surface area contributed by atoms with Gasteiger partial charge in [-0.25, -0.2) is 5.43 Å². The lowest BCUT2D eigenvalue weighted by Crippen LogP contribution is -2.17. The number of hydrazone groups is 1. The molecule has 0 radical (unpaired) electrons. The smallest absolute Gasteiger partial charge is 0.271 e. The molecule has 0 spiro atoms. The third-order valence-corrected chi connectivity index (χ3v) is 2.80. The van der Waals surface area contributed by atoms with E-state index in [1.807, 2.05) is 24.3 Å². The van der Waals surface area contributed by atoms with Crippen LogP contribution in [0.2, 0.25) is 5.02 Å². The number of methoxy groups -OCH3 is 1. The Bertz CT molecular complexity index is 641. The lowest BCUT2D eigenvalue weighted by molar-refractivity contribution is 0.0955. The molecule has 0 heterocycles. The highest BCUT2D eigenvalue weighted by Gasteiger charge is 2.03. The molecule has 4 nitrogen and oxygen atoms in total. The number of amides is 1. The van der Waals surface area contributed by atoms with Crippen LogP contribution in [-0.4, -0.2) is 19.2 Å². The van der Waals surface area contributed by atoms with Gasteiger partial charge in [0.1, 0.15) is 5.75 Å². The molecule has 0 aromatic heterocycles. The average Bonchev–Trinajstić information content (AvgIpc) is 2.47. The molecule has 0 saturated carbocycles. The van der Waals surface area contributed by atoms with E-state index < -0.39 is 0 Å². The second kappa shape index (κ2) is 6.73. The van der Waals surface area contributed by atoms with Gasteiger partial charge >= 0.3 is 0 Å². The van der Waals surface area contributed by atoms with Crippen LogP contribution in [0.4, 0.5) is 0 Å². The van der Waals surface area contributed by atoms with Crippen molar-refractivity contribution >= 4 is 23.7 Å². The minimum atomic E-state index is -0.313. The van der Waals surface area contributed by atoms with Gasteiger partial charge in [0.2, 0.25) is 0 Å². The molecule has 0 fully saturated rings. The Labute approximate surface area is 122 Å². The molecule has 0 saturated heterocycles. The molecule has 0 atom stereocenters. The number of hydrogen-bond donors (Lipinski definition) is 1. The zero-order chi connectivity index (χ0) is 14.4. The van der Waals surface area contributed by atoms with Gasteiger partial charge in [-0.2, -0.15) is 5.10 Å². The Morgan fingerprint density at radius 3 is 2.80 bits per heavy atom. The molecule has 0 bridgehead atoms. The van der Waals surface area contributed by atoms with Crippen LogP contribution in [0.3, 0.4) is 0 Å². The molecule has 20 heavy (non-hydrogen) atoms. The summed E-state index contributed by atoms with van der Waals surface area (Å²) in [5, 5.41) is 4.41. The van der Waals surface area contributed by atoms with Crippen molar-refractivity contribution in [2.75, 3.05) is 7.11 Å². The number of nitrogens with one attached hydrogen (secondary N) is 1. The molecule has 0 unspecified atom stereocenters. The molecule has 2 aromatic carbocycles. The summed E-state index contributed by atoms with van der Waals surface area (Å²) in [6, 6.07) is 14.0. The van der Waals surface area contributed by atoms with Crippen molar-refractivity contribution < 1.29 is 9.53 Å². The number of rotatable bonds is 4. The van der Waals surface area contributed by atoms with Crippen molar-refractivity contribution in [3.8, 4) is 5.75 Å². The predicted octanol–water partition coefficient (Wildman–Crippen LogP) is 3.11. The molecule has 0 aliphatic heterocycles. The number of carbonyl (C=O) groups excluding carboxylic acids is 1. The van der Waals surface area contributed by atoms with Gasteiger partial charge in [0, 0.05) is 10.6 Å². The van der Waals surface area contributed by atoms with Crippen LogP contribution in [-0.2, 0) is 0 Å². The highest BCUT2D eigenvalue weighted by Crippen LogP contribution is 2.11. The van der Waals surface area contributed by atoms with Crippen molar-refractivity contribution in [2.24, 2.45) is 5.10 Å². The first-order valence-electron chi connectivity index (χ1n) is 5.92. The first-order valence-corrected chi connectivity index (χ1v) is 6.30. The number of nitrogens with zero attached hydrogens (tertiary/aromatic N) is 1. The summed E-state index contributed by atoms with van der Waals surface area (Å²) in [7, 11) is 1.59. The number of ether oxygens (including phenoxy) is 1. The topological polar surface area (TPSA) is 50.7 Å². The maximum atomic E-state index is 11.8.